The van der Waals surface area contributed by atoms with E-state index in [2.05, 4.69) is 0 Å². The van der Waals surface area contributed by atoms with Crippen LogP contribution in [-0.2, 0) is 4.79 Å². The van der Waals surface area contributed by atoms with Crippen LogP contribution in [0.2, 0.25) is 0 Å². The first-order chi connectivity index (χ1) is 3.63. The summed E-state index contributed by atoms with van der Waals surface area (Å²) in [4.78, 5) is 9.87. The Hall–Kier alpha value is -0.670. The van der Waals surface area contributed by atoms with Crippen LogP contribution >= 0.6 is 0 Å². The summed E-state index contributed by atoms with van der Waals surface area (Å²) in [6.07, 6.45) is -2.57. The molecule has 0 rings (SSSR count). The van der Waals surface area contributed by atoms with E-state index in [1.807, 2.05) is 5.32 Å². The van der Waals surface area contributed by atoms with E-state index < -0.39 is 12.3 Å². The van der Waals surface area contributed by atoms with Crippen LogP contribution in [0.4, 0.5) is 8.78 Å². The molecule has 0 aromatic heterocycles. The van der Waals surface area contributed by atoms with Crippen molar-refractivity contribution in [3.05, 3.63) is 6.54 Å². The van der Waals surface area contributed by atoms with Crippen molar-refractivity contribution in [2.24, 2.45) is 0 Å². The highest BCUT2D eigenvalue weighted by Gasteiger charge is 2.01. The summed E-state index contributed by atoms with van der Waals surface area (Å²) in [7, 11) is 0. The number of amides is 1. The minimum absolute atomic E-state index is 0.433. The summed E-state index contributed by atoms with van der Waals surface area (Å²) in [6.45, 7) is 1.60. The first-order valence-electron chi connectivity index (χ1n) is 2.01. The molecule has 0 aliphatic carbocycles. The van der Waals surface area contributed by atoms with Crippen LogP contribution in [0.1, 0.15) is 6.92 Å². The SMILES string of the molecule is CC(=O)N[CH]C(F)F. The molecule has 0 saturated carbocycles. The fourth-order valence-corrected chi connectivity index (χ4v) is 0.180. The van der Waals surface area contributed by atoms with E-state index in [0.717, 1.165) is 0 Å². The lowest BCUT2D eigenvalue weighted by molar-refractivity contribution is -0.118. The van der Waals surface area contributed by atoms with E-state index in [1.165, 1.54) is 6.92 Å². The first kappa shape index (κ1) is 7.33. The standard InChI is InChI=1S/C4H6F2NO/c1-3(8)7-2-4(5)6/h2,4H,1H3,(H,7,8). The third kappa shape index (κ3) is 5.33. The second-order valence-corrected chi connectivity index (χ2v) is 1.20. The van der Waals surface area contributed by atoms with Gasteiger partial charge in [0.05, 0.1) is 0 Å². The second-order valence-electron chi connectivity index (χ2n) is 1.20. The lowest BCUT2D eigenvalue weighted by atomic mass is 10.6. The van der Waals surface area contributed by atoms with Crippen molar-refractivity contribution in [2.45, 2.75) is 13.3 Å². The van der Waals surface area contributed by atoms with E-state index in [0.29, 0.717) is 6.54 Å². The minimum atomic E-state index is -2.57. The zero-order chi connectivity index (χ0) is 6.57. The molecule has 0 heterocycles. The Morgan fingerprint density at radius 3 is 2.38 bits per heavy atom. The molecule has 47 valence electrons. The van der Waals surface area contributed by atoms with Gasteiger partial charge in [0.15, 0.2) is 0 Å². The number of nitrogens with one attached hydrogen (secondary N) is 1. The monoisotopic (exact) mass is 122 g/mol. The second kappa shape index (κ2) is 3.35. The maximum atomic E-state index is 11.1. The Balaban J connectivity index is 3.05. The van der Waals surface area contributed by atoms with Crippen molar-refractivity contribution in [3.63, 3.8) is 0 Å². The van der Waals surface area contributed by atoms with Crippen LogP contribution in [0, 0.1) is 6.54 Å². The molecule has 8 heavy (non-hydrogen) atoms. The lowest BCUT2D eigenvalue weighted by Gasteiger charge is -1.95. The average molecular weight is 122 g/mol. The van der Waals surface area contributed by atoms with Crippen molar-refractivity contribution >= 4 is 5.91 Å². The maximum Gasteiger partial charge on any atom is 0.260 e. The highest BCUT2D eigenvalue weighted by Crippen LogP contribution is 1.91. The minimum Gasteiger partial charge on any atom is -0.346 e. The van der Waals surface area contributed by atoms with Crippen LogP contribution in [0.5, 0.6) is 0 Å². The predicted octanol–water partition coefficient (Wildman–Crippen LogP) is 0.549. The molecule has 0 aliphatic heterocycles. The molecule has 1 amide bonds. The average Bonchev–Trinajstić information content (AvgIpc) is 1.61. The van der Waals surface area contributed by atoms with Crippen LogP contribution in [0.3, 0.4) is 0 Å². The molecule has 0 atom stereocenters. The van der Waals surface area contributed by atoms with Crippen molar-refractivity contribution < 1.29 is 13.6 Å². The molecule has 0 spiro atoms. The largest absolute Gasteiger partial charge is 0.346 e. The highest BCUT2D eigenvalue weighted by molar-refractivity contribution is 5.73. The molecule has 1 radical (unpaired) electrons. The summed E-state index contributed by atoms with van der Waals surface area (Å²) in [5, 5.41) is 1.83. The van der Waals surface area contributed by atoms with Gasteiger partial charge >= 0.3 is 0 Å². The number of hydrogen-bond donors (Lipinski definition) is 1. The van der Waals surface area contributed by atoms with Gasteiger partial charge in [0.25, 0.3) is 6.43 Å². The van der Waals surface area contributed by atoms with Gasteiger partial charge in [0, 0.05) is 6.92 Å². The molecule has 0 bridgehead atoms. The Labute approximate surface area is 45.9 Å². The number of rotatable bonds is 2. The molecule has 0 aromatic carbocycles. The fraction of sp³-hybridized carbons (Fsp3) is 0.500. The Bertz CT molecular complexity index is 84.1. The highest BCUT2D eigenvalue weighted by atomic mass is 19.3. The molecule has 1 N–H and O–H groups in total. The predicted molar refractivity (Wildman–Crippen MR) is 24.1 cm³/mol. The normalized spacial score (nSPS) is 9.50. The van der Waals surface area contributed by atoms with E-state index in [9.17, 15) is 13.6 Å². The van der Waals surface area contributed by atoms with Gasteiger partial charge in [-0.25, -0.2) is 8.78 Å². The summed E-state index contributed by atoms with van der Waals surface area (Å²) in [6, 6.07) is 0. The van der Waals surface area contributed by atoms with Gasteiger partial charge in [-0.3, -0.25) is 4.79 Å². The Morgan fingerprint density at radius 1 is 1.75 bits per heavy atom. The molecule has 0 aromatic rings. The zero-order valence-electron chi connectivity index (χ0n) is 4.32. The van der Waals surface area contributed by atoms with E-state index in [1.54, 1.807) is 0 Å². The van der Waals surface area contributed by atoms with Gasteiger partial charge in [-0.1, -0.05) is 0 Å². The number of alkyl halides is 2. The summed E-state index contributed by atoms with van der Waals surface area (Å²) in [5.74, 6) is -0.481. The fourth-order valence-electron chi connectivity index (χ4n) is 0.180. The van der Waals surface area contributed by atoms with Crippen LogP contribution in [-0.4, -0.2) is 12.3 Å². The van der Waals surface area contributed by atoms with Gasteiger partial charge < -0.3 is 5.32 Å². The molecule has 4 heteroatoms. The van der Waals surface area contributed by atoms with Crippen molar-refractivity contribution in [1.29, 1.82) is 0 Å². The van der Waals surface area contributed by atoms with Gasteiger partial charge in [0.2, 0.25) is 5.91 Å². The topological polar surface area (TPSA) is 29.1 Å². The van der Waals surface area contributed by atoms with Crippen LogP contribution in [0.25, 0.3) is 0 Å². The number of carbonyl (C=O) groups is 1. The summed E-state index contributed by atoms with van der Waals surface area (Å²) in [5.41, 5.74) is 0. The quantitative estimate of drug-likeness (QED) is 0.569. The molecular formula is C4H6F2NO. The number of hydrogen-bond acceptors (Lipinski definition) is 1. The Kier molecular flexibility index (Phi) is 3.07. The lowest BCUT2D eigenvalue weighted by Crippen LogP contribution is -2.20. The van der Waals surface area contributed by atoms with Crippen molar-refractivity contribution in [1.82, 2.24) is 5.32 Å². The van der Waals surface area contributed by atoms with Crippen molar-refractivity contribution in [3.8, 4) is 0 Å². The van der Waals surface area contributed by atoms with Gasteiger partial charge in [-0.2, -0.15) is 0 Å². The third-order valence-electron chi connectivity index (χ3n) is 0.413. The van der Waals surface area contributed by atoms with Gasteiger partial charge in [-0.05, 0) is 0 Å². The Morgan fingerprint density at radius 2 is 2.25 bits per heavy atom. The smallest absolute Gasteiger partial charge is 0.260 e. The molecular weight excluding hydrogens is 116 g/mol. The number of carbonyl (C=O) groups excluding carboxylic acids is 1. The van der Waals surface area contributed by atoms with Crippen molar-refractivity contribution in [2.75, 3.05) is 0 Å². The third-order valence-corrected chi connectivity index (χ3v) is 0.413. The van der Waals surface area contributed by atoms with E-state index in [4.69, 9.17) is 0 Å². The maximum absolute atomic E-state index is 11.1. The van der Waals surface area contributed by atoms with Gasteiger partial charge in [0.1, 0.15) is 6.54 Å². The van der Waals surface area contributed by atoms with E-state index >= 15 is 0 Å². The molecule has 0 fully saturated rings. The van der Waals surface area contributed by atoms with E-state index in [-0.39, 0.29) is 0 Å². The molecule has 2 nitrogen and oxygen atoms in total. The molecule has 0 unspecified atom stereocenters. The summed E-state index contributed by atoms with van der Waals surface area (Å²) < 4.78 is 22.2. The first-order valence-corrected chi connectivity index (χ1v) is 2.01. The molecule has 0 saturated heterocycles. The zero-order valence-corrected chi connectivity index (χ0v) is 4.32. The number of halogens is 2. The molecule has 0 aliphatic rings. The van der Waals surface area contributed by atoms with Crippen LogP contribution in [0.15, 0.2) is 0 Å². The van der Waals surface area contributed by atoms with Gasteiger partial charge in [-0.15, -0.1) is 0 Å². The summed E-state index contributed by atoms with van der Waals surface area (Å²) >= 11 is 0. The van der Waals surface area contributed by atoms with Crippen LogP contribution < -0.4 is 5.32 Å².